The number of nitrogens with zero attached hydrogens (tertiary/aromatic N) is 1. The summed E-state index contributed by atoms with van der Waals surface area (Å²) in [5.41, 5.74) is -0.0727. The van der Waals surface area contributed by atoms with Crippen LogP contribution in [-0.2, 0) is 4.79 Å². The molecule has 0 aliphatic rings. The van der Waals surface area contributed by atoms with Crippen molar-refractivity contribution in [1.82, 2.24) is 5.32 Å². The number of rotatable bonds is 9. The van der Waals surface area contributed by atoms with E-state index in [1.807, 2.05) is 0 Å². The third-order valence-electron chi connectivity index (χ3n) is 3.26. The van der Waals surface area contributed by atoms with Gasteiger partial charge in [0.05, 0.1) is 18.1 Å². The van der Waals surface area contributed by atoms with Gasteiger partial charge in [-0.25, -0.2) is 0 Å². The number of hydrogen-bond donors (Lipinski definition) is 2. The van der Waals surface area contributed by atoms with Crippen LogP contribution in [0.15, 0.2) is 18.2 Å². The second kappa shape index (κ2) is 9.45. The topological polar surface area (TPSA) is 102 Å². The number of amides is 1. The number of hydrogen-bond acceptors (Lipinski definition) is 5. The molecule has 0 saturated heterocycles. The van der Waals surface area contributed by atoms with E-state index in [2.05, 4.69) is 12.2 Å². The molecule has 0 atom stereocenters. The van der Waals surface area contributed by atoms with Gasteiger partial charge in [0.25, 0.3) is 5.69 Å². The number of phenolic OH excluding ortho intramolecular Hbond substituents is 1. The van der Waals surface area contributed by atoms with E-state index in [1.54, 1.807) is 0 Å². The molecular formula is C16H22N2O5. The number of carbonyl (C=O) groups excluding carboxylic acids is 1. The van der Waals surface area contributed by atoms with E-state index in [0.29, 0.717) is 6.54 Å². The second-order valence-corrected chi connectivity index (χ2v) is 5.03. The molecule has 126 valence electrons. The van der Waals surface area contributed by atoms with Crippen LogP contribution in [0.3, 0.4) is 0 Å². The van der Waals surface area contributed by atoms with Crippen molar-refractivity contribution in [2.45, 2.75) is 32.6 Å². The van der Waals surface area contributed by atoms with E-state index >= 15 is 0 Å². The first-order valence-corrected chi connectivity index (χ1v) is 7.50. The van der Waals surface area contributed by atoms with Crippen molar-refractivity contribution < 1.29 is 19.6 Å². The summed E-state index contributed by atoms with van der Waals surface area (Å²) in [6.45, 7) is 2.69. The van der Waals surface area contributed by atoms with Crippen molar-refractivity contribution >= 4 is 17.7 Å². The van der Waals surface area contributed by atoms with Crippen molar-refractivity contribution in [3.05, 3.63) is 33.9 Å². The van der Waals surface area contributed by atoms with E-state index in [4.69, 9.17) is 4.74 Å². The summed E-state index contributed by atoms with van der Waals surface area (Å²) in [6.07, 6.45) is 6.78. The zero-order valence-corrected chi connectivity index (χ0v) is 13.4. The number of methoxy groups -OCH3 is 1. The number of ether oxygens (including phenoxy) is 1. The Morgan fingerprint density at radius 3 is 2.74 bits per heavy atom. The van der Waals surface area contributed by atoms with Crippen LogP contribution < -0.4 is 10.1 Å². The number of nitro benzene ring substituents is 1. The molecule has 0 radical (unpaired) electrons. The lowest BCUT2D eigenvalue weighted by Gasteiger charge is -2.06. The Bertz CT molecular complexity index is 584. The van der Waals surface area contributed by atoms with Crippen LogP contribution in [0, 0.1) is 10.1 Å². The predicted molar refractivity (Wildman–Crippen MR) is 87.5 cm³/mol. The van der Waals surface area contributed by atoms with Crippen LogP contribution in [0.4, 0.5) is 5.69 Å². The minimum Gasteiger partial charge on any atom is -0.504 e. The molecule has 0 aliphatic carbocycles. The van der Waals surface area contributed by atoms with Crippen LogP contribution in [0.2, 0.25) is 0 Å². The Morgan fingerprint density at radius 2 is 2.13 bits per heavy atom. The fourth-order valence-electron chi connectivity index (χ4n) is 1.99. The molecule has 1 aromatic carbocycles. The molecule has 0 unspecified atom stereocenters. The number of nitrogens with one attached hydrogen (secondary N) is 1. The van der Waals surface area contributed by atoms with Crippen LogP contribution in [0.5, 0.6) is 11.5 Å². The standard InChI is InChI=1S/C16H22N2O5/c1-3-4-5-6-9-17-15(19)8-7-12-10-13(18(21)22)11-14(23-2)16(12)20/h7-8,10-11,20H,3-6,9H2,1-2H3,(H,17,19)/b8-7+. The van der Waals surface area contributed by atoms with Gasteiger partial charge in [-0.3, -0.25) is 14.9 Å². The zero-order valence-electron chi connectivity index (χ0n) is 13.4. The van der Waals surface area contributed by atoms with Gasteiger partial charge in [-0.05, 0) is 12.5 Å². The second-order valence-electron chi connectivity index (χ2n) is 5.03. The third-order valence-corrected chi connectivity index (χ3v) is 3.26. The summed E-state index contributed by atoms with van der Waals surface area (Å²) < 4.78 is 4.90. The summed E-state index contributed by atoms with van der Waals surface area (Å²) in [6, 6.07) is 2.31. The molecule has 7 nitrogen and oxygen atoms in total. The largest absolute Gasteiger partial charge is 0.504 e. The van der Waals surface area contributed by atoms with E-state index in [1.165, 1.54) is 25.3 Å². The van der Waals surface area contributed by atoms with Crippen LogP contribution in [-0.4, -0.2) is 29.6 Å². The Balaban J connectivity index is 2.73. The fraction of sp³-hybridized carbons (Fsp3) is 0.438. The molecule has 0 aromatic heterocycles. The number of benzene rings is 1. The normalized spacial score (nSPS) is 10.7. The summed E-state index contributed by atoms with van der Waals surface area (Å²) >= 11 is 0. The highest BCUT2D eigenvalue weighted by molar-refractivity contribution is 5.92. The molecule has 0 heterocycles. The molecule has 0 bridgehead atoms. The number of non-ortho nitro benzene ring substituents is 1. The van der Waals surface area contributed by atoms with E-state index < -0.39 is 4.92 Å². The van der Waals surface area contributed by atoms with E-state index in [0.717, 1.165) is 31.7 Å². The smallest absolute Gasteiger partial charge is 0.274 e. The highest BCUT2D eigenvalue weighted by Gasteiger charge is 2.15. The third kappa shape index (κ3) is 5.98. The first-order valence-electron chi connectivity index (χ1n) is 7.50. The van der Waals surface area contributed by atoms with Gasteiger partial charge in [-0.1, -0.05) is 26.2 Å². The quantitative estimate of drug-likeness (QED) is 0.315. The first kappa shape index (κ1) is 18.5. The van der Waals surface area contributed by atoms with Crippen molar-refractivity contribution in [3.63, 3.8) is 0 Å². The molecule has 0 saturated carbocycles. The van der Waals surface area contributed by atoms with Crippen LogP contribution in [0.1, 0.15) is 38.2 Å². The number of nitro groups is 1. The number of carbonyl (C=O) groups is 1. The maximum Gasteiger partial charge on any atom is 0.274 e. The molecule has 23 heavy (non-hydrogen) atoms. The van der Waals surface area contributed by atoms with Crippen molar-refractivity contribution in [2.24, 2.45) is 0 Å². The molecule has 0 aliphatic heterocycles. The lowest BCUT2D eigenvalue weighted by atomic mass is 10.1. The van der Waals surface area contributed by atoms with E-state index in [9.17, 15) is 20.0 Å². The molecular weight excluding hydrogens is 300 g/mol. The van der Waals surface area contributed by atoms with Gasteiger partial charge >= 0.3 is 0 Å². The van der Waals surface area contributed by atoms with Crippen molar-refractivity contribution in [3.8, 4) is 11.5 Å². The Kier molecular flexibility index (Phi) is 7.59. The molecule has 2 N–H and O–H groups in total. The van der Waals surface area contributed by atoms with Gasteiger partial charge in [0.2, 0.25) is 5.91 Å². The number of phenols is 1. The predicted octanol–water partition coefficient (Wildman–Crippen LogP) is 3.02. The van der Waals surface area contributed by atoms with Gasteiger partial charge in [0, 0.05) is 24.3 Å². The summed E-state index contributed by atoms with van der Waals surface area (Å²) in [5.74, 6) is -0.574. The summed E-state index contributed by atoms with van der Waals surface area (Å²) in [7, 11) is 1.30. The van der Waals surface area contributed by atoms with Gasteiger partial charge < -0.3 is 15.2 Å². The Morgan fingerprint density at radius 1 is 1.39 bits per heavy atom. The molecule has 1 aromatic rings. The van der Waals surface area contributed by atoms with Gasteiger partial charge in [-0.15, -0.1) is 0 Å². The average molecular weight is 322 g/mol. The Labute approximate surface area is 135 Å². The van der Waals surface area contributed by atoms with Crippen molar-refractivity contribution in [2.75, 3.05) is 13.7 Å². The minimum atomic E-state index is -0.590. The monoisotopic (exact) mass is 322 g/mol. The Hall–Kier alpha value is -2.57. The van der Waals surface area contributed by atoms with Crippen LogP contribution >= 0.6 is 0 Å². The molecule has 1 amide bonds. The first-order chi connectivity index (χ1) is 11.0. The molecule has 0 fully saturated rings. The maximum atomic E-state index is 11.7. The van der Waals surface area contributed by atoms with Crippen molar-refractivity contribution in [1.29, 1.82) is 0 Å². The molecule has 0 spiro atoms. The highest BCUT2D eigenvalue weighted by atomic mass is 16.6. The van der Waals surface area contributed by atoms with Gasteiger partial charge in [-0.2, -0.15) is 0 Å². The SMILES string of the molecule is CCCCCCNC(=O)/C=C/c1cc([N+](=O)[O-])cc(OC)c1O. The summed E-state index contributed by atoms with van der Waals surface area (Å²) in [4.78, 5) is 22.0. The van der Waals surface area contributed by atoms with Gasteiger partial charge in [0.1, 0.15) is 0 Å². The number of unbranched alkanes of at least 4 members (excludes halogenated alkanes) is 3. The minimum absolute atomic E-state index is 0.0150. The molecule has 7 heteroatoms. The summed E-state index contributed by atoms with van der Waals surface area (Å²) in [5, 5.41) is 23.5. The molecule has 1 rings (SSSR count). The maximum absolute atomic E-state index is 11.7. The van der Waals surface area contributed by atoms with E-state index in [-0.39, 0.29) is 28.7 Å². The lowest BCUT2D eigenvalue weighted by molar-refractivity contribution is -0.385. The highest BCUT2D eigenvalue weighted by Crippen LogP contribution is 2.35. The number of aromatic hydroxyl groups is 1. The van der Waals surface area contributed by atoms with Gasteiger partial charge in [0.15, 0.2) is 11.5 Å². The fourth-order valence-corrected chi connectivity index (χ4v) is 1.99. The van der Waals surface area contributed by atoms with Crippen LogP contribution in [0.25, 0.3) is 6.08 Å². The lowest BCUT2D eigenvalue weighted by Crippen LogP contribution is -2.21. The average Bonchev–Trinajstić information content (AvgIpc) is 2.53. The zero-order chi connectivity index (χ0) is 17.2.